The Morgan fingerprint density at radius 2 is 0.486 bits per heavy atom. The van der Waals surface area contributed by atoms with E-state index in [-0.39, 0.29) is 19.3 Å². The van der Waals surface area contributed by atoms with Gasteiger partial charge in [-0.05, 0) is 148 Å². The number of phosphoric acid groups is 2. The molecule has 16 nitrogen and oxygen atoms in total. The van der Waals surface area contributed by atoms with Crippen LogP contribution < -0.4 is 0 Å². The third-order valence-corrected chi connectivity index (χ3v) is 19.6. The lowest BCUT2D eigenvalue weighted by Crippen LogP contribution is -2.30. The largest absolute Gasteiger partial charge is 0.472 e. The molecule has 5 unspecified atom stereocenters. The van der Waals surface area contributed by atoms with Crippen molar-refractivity contribution in [3.05, 3.63) is 158 Å². The number of carbonyl (C=O) groups is 3. The van der Waals surface area contributed by atoms with Crippen LogP contribution in [0.25, 0.3) is 0 Å². The van der Waals surface area contributed by atoms with Crippen LogP contribution in [0, 0.1) is 0 Å². The van der Waals surface area contributed by atoms with Crippen LogP contribution in [0.15, 0.2) is 158 Å². The number of unbranched alkanes of at least 4 members (excludes halogenated alkanes) is 31. The number of allylic oxidation sites excluding steroid dienone is 26. The number of esters is 3. The summed E-state index contributed by atoms with van der Waals surface area (Å²) in [6.07, 6.45) is 104. The van der Waals surface area contributed by atoms with E-state index >= 15 is 0 Å². The van der Waals surface area contributed by atoms with E-state index in [4.69, 9.17) is 32.3 Å². The van der Waals surface area contributed by atoms with Gasteiger partial charge in [0, 0.05) is 19.3 Å². The Morgan fingerprint density at radius 1 is 0.266 bits per heavy atom. The predicted octanol–water partition coefficient (Wildman–Crippen LogP) is 25.8. The summed E-state index contributed by atoms with van der Waals surface area (Å²) in [5.74, 6) is -1.60. The molecular formula is C91H154O16P2. The van der Waals surface area contributed by atoms with Crippen molar-refractivity contribution in [1.29, 1.82) is 0 Å². The van der Waals surface area contributed by atoms with E-state index in [0.29, 0.717) is 19.3 Å². The van der Waals surface area contributed by atoms with Gasteiger partial charge in [0.05, 0.1) is 26.4 Å². The number of carbonyl (C=O) groups excluding carboxylic acids is 3. The summed E-state index contributed by atoms with van der Waals surface area (Å²) < 4.78 is 61.3. The SMILES string of the molecule is CC/C=C\C/C=C\C/C=C\C/C=C\C/C=C\CCCCCCCCCC(=O)OCC(COP(=O)(O)OCC(O)COP(=O)(O)OCC(O)COC(=O)CCCCCCCCCCCCCCCCC/C=C\C/C=C\C/C=C\C/C=C\CCCCC)OC(=O)CCCCCCCC/C=C\C/C=C\C/C=C\C/C=C\CC. The molecule has 624 valence electrons. The van der Waals surface area contributed by atoms with Crippen LogP contribution in [0.2, 0.25) is 0 Å². The Hall–Kier alpha value is -4.83. The smallest absolute Gasteiger partial charge is 0.463 e. The van der Waals surface area contributed by atoms with E-state index in [2.05, 4.69) is 179 Å². The highest BCUT2D eigenvalue weighted by atomic mass is 31.2. The molecule has 0 fully saturated rings. The molecule has 0 aromatic heterocycles. The number of phosphoric ester groups is 2. The van der Waals surface area contributed by atoms with Gasteiger partial charge >= 0.3 is 33.6 Å². The van der Waals surface area contributed by atoms with Gasteiger partial charge in [-0.3, -0.25) is 32.5 Å². The minimum absolute atomic E-state index is 0.0809. The maximum Gasteiger partial charge on any atom is 0.472 e. The Morgan fingerprint density at radius 3 is 0.771 bits per heavy atom. The van der Waals surface area contributed by atoms with Gasteiger partial charge in [-0.1, -0.05) is 333 Å². The second-order valence-corrected chi connectivity index (χ2v) is 31.1. The molecule has 109 heavy (non-hydrogen) atoms. The fourth-order valence-electron chi connectivity index (χ4n) is 11.3. The van der Waals surface area contributed by atoms with Gasteiger partial charge in [0.25, 0.3) is 0 Å². The van der Waals surface area contributed by atoms with E-state index in [9.17, 15) is 43.5 Å². The van der Waals surface area contributed by atoms with Crippen molar-refractivity contribution >= 4 is 33.6 Å². The second-order valence-electron chi connectivity index (χ2n) is 28.2. The fourth-order valence-corrected chi connectivity index (χ4v) is 12.9. The van der Waals surface area contributed by atoms with Crippen molar-refractivity contribution < 1.29 is 75.8 Å². The Bertz CT molecular complexity index is 2610. The molecule has 0 heterocycles. The highest BCUT2D eigenvalue weighted by Gasteiger charge is 2.29. The van der Waals surface area contributed by atoms with Crippen molar-refractivity contribution in [3.8, 4) is 0 Å². The summed E-state index contributed by atoms with van der Waals surface area (Å²) in [6.45, 7) is 2.42. The first-order valence-electron chi connectivity index (χ1n) is 42.8. The molecule has 0 radical (unpaired) electrons. The molecule has 0 saturated carbocycles. The summed E-state index contributed by atoms with van der Waals surface area (Å²) in [5, 5.41) is 20.7. The van der Waals surface area contributed by atoms with Crippen molar-refractivity contribution in [2.75, 3.05) is 39.6 Å². The zero-order valence-corrected chi connectivity index (χ0v) is 70.2. The maximum atomic E-state index is 13.0. The van der Waals surface area contributed by atoms with Crippen LogP contribution in [0.1, 0.15) is 342 Å². The number of rotatable bonds is 80. The molecule has 0 bridgehead atoms. The minimum atomic E-state index is -4.95. The van der Waals surface area contributed by atoms with Crippen LogP contribution in [0.3, 0.4) is 0 Å². The van der Waals surface area contributed by atoms with E-state index in [0.717, 1.165) is 180 Å². The topological polar surface area (TPSA) is 231 Å². The molecular weight excluding hydrogens is 1410 g/mol. The standard InChI is InChI=1S/C91H154O16P2/c1-4-7-10-13-16-19-22-25-28-31-34-36-38-39-40-41-42-43-44-45-47-49-51-53-56-59-62-65-68-71-74-77-89(94)101-80-86(92)81-103-108(97,98)104-82-87(93)83-105-109(99,100)106-85-88(107-91(96)79-76-73-70-67-64-61-58-55-50-33-30-27-24-21-18-15-12-9-6-3)84-102-90(95)78-75-72-69-66-63-60-57-54-52-48-46-37-35-32-29-26-23-20-17-14-11-8-5-2/h8-9,11-12,16-21,25-30,34-37,39-40,48,50,52,55,86-88,92-93H,4-7,10,13-15,22-24,31-33,38,41-47,49,51,53-54,56-85H2,1-3H3,(H,97,98)(H,99,100)/b11-8-,12-9-,19-16-,20-17-,21-18-,28-25-,29-26-,30-27-,36-34-,37-35-,40-39-,52-48-,55-50-. The fraction of sp³-hybridized carbons (Fsp3) is 0.681. The molecule has 0 aliphatic heterocycles. The number of aliphatic hydroxyl groups excluding tert-OH is 2. The third-order valence-electron chi connectivity index (χ3n) is 17.7. The van der Waals surface area contributed by atoms with E-state index in [1.165, 1.54) is 103 Å². The average Bonchev–Trinajstić information content (AvgIpc) is 0.900. The van der Waals surface area contributed by atoms with Gasteiger partial charge in [0.1, 0.15) is 25.4 Å². The monoisotopic (exact) mass is 1570 g/mol. The molecule has 0 aromatic rings. The molecule has 0 aliphatic carbocycles. The Kier molecular flexibility index (Phi) is 79.0. The molecule has 4 N–H and O–H groups in total. The highest BCUT2D eigenvalue weighted by molar-refractivity contribution is 7.47. The first-order valence-corrected chi connectivity index (χ1v) is 45.8. The van der Waals surface area contributed by atoms with Crippen LogP contribution in [0.4, 0.5) is 0 Å². The predicted molar refractivity (Wildman–Crippen MR) is 454 cm³/mol. The first kappa shape index (κ1) is 104. The van der Waals surface area contributed by atoms with Crippen LogP contribution in [-0.4, -0.2) is 95.9 Å². The molecule has 0 aliphatic rings. The van der Waals surface area contributed by atoms with Crippen molar-refractivity contribution in [2.45, 2.75) is 360 Å². The molecule has 18 heteroatoms. The molecule has 0 rings (SSSR count). The van der Waals surface area contributed by atoms with Gasteiger partial charge < -0.3 is 34.2 Å². The number of aliphatic hydroxyl groups is 2. The van der Waals surface area contributed by atoms with Gasteiger partial charge in [0.15, 0.2) is 6.10 Å². The molecule has 0 saturated heterocycles. The normalized spacial score (nSPS) is 14.7. The molecule has 5 atom stereocenters. The van der Waals surface area contributed by atoms with Crippen molar-refractivity contribution in [1.82, 2.24) is 0 Å². The van der Waals surface area contributed by atoms with Crippen molar-refractivity contribution in [3.63, 3.8) is 0 Å². The summed E-state index contributed by atoms with van der Waals surface area (Å²) in [5.41, 5.74) is 0. The van der Waals surface area contributed by atoms with Crippen LogP contribution in [0.5, 0.6) is 0 Å². The van der Waals surface area contributed by atoms with Crippen LogP contribution >= 0.6 is 15.6 Å². The van der Waals surface area contributed by atoms with Gasteiger partial charge in [-0.15, -0.1) is 0 Å². The molecule has 0 spiro atoms. The van der Waals surface area contributed by atoms with Gasteiger partial charge in [-0.25, -0.2) is 9.13 Å². The number of hydrogen-bond acceptors (Lipinski definition) is 14. The zero-order chi connectivity index (χ0) is 79.4. The third kappa shape index (κ3) is 83.9. The Labute approximate surface area is 663 Å². The van der Waals surface area contributed by atoms with Crippen molar-refractivity contribution in [2.24, 2.45) is 0 Å². The lowest BCUT2D eigenvalue weighted by molar-refractivity contribution is -0.161. The summed E-state index contributed by atoms with van der Waals surface area (Å²) in [7, 11) is -9.81. The first-order chi connectivity index (χ1) is 53.2. The van der Waals surface area contributed by atoms with Crippen LogP contribution in [-0.2, 0) is 55.8 Å². The minimum Gasteiger partial charge on any atom is -0.463 e. The van der Waals surface area contributed by atoms with E-state index in [1.807, 2.05) is 0 Å². The zero-order valence-electron chi connectivity index (χ0n) is 68.4. The molecule has 0 aromatic carbocycles. The summed E-state index contributed by atoms with van der Waals surface area (Å²) in [6, 6.07) is 0. The van der Waals surface area contributed by atoms with E-state index < -0.39 is 91.5 Å². The van der Waals surface area contributed by atoms with E-state index in [1.54, 1.807) is 0 Å². The average molecular weight is 1570 g/mol. The maximum absolute atomic E-state index is 13.0. The highest BCUT2D eigenvalue weighted by Crippen LogP contribution is 2.45. The lowest BCUT2D eigenvalue weighted by Gasteiger charge is -2.21. The summed E-state index contributed by atoms with van der Waals surface area (Å²) in [4.78, 5) is 58.8. The number of hydrogen-bond donors (Lipinski definition) is 4. The van der Waals surface area contributed by atoms with Gasteiger partial charge in [0.2, 0.25) is 0 Å². The lowest BCUT2D eigenvalue weighted by atomic mass is 10.0. The van der Waals surface area contributed by atoms with Gasteiger partial charge in [-0.2, -0.15) is 0 Å². The Balaban J connectivity index is 4.58. The number of ether oxygens (including phenoxy) is 3. The molecule has 0 amide bonds. The second kappa shape index (κ2) is 82.6. The summed E-state index contributed by atoms with van der Waals surface area (Å²) >= 11 is 0. The quantitative estimate of drug-likeness (QED) is 0.0146.